The van der Waals surface area contributed by atoms with Crippen LogP contribution in [0.25, 0.3) is 21.9 Å². The van der Waals surface area contributed by atoms with Gasteiger partial charge in [-0.05, 0) is 28.7 Å². The highest BCUT2D eigenvalue weighted by Gasteiger charge is 2.16. The standard InChI is InChI=1S/C19H19NO2/c1-19(2,3)13-7-4-6-12(10-13)15-11-20-18(22)14-8-5-9-16(21)17(14)15/h4-11,21H,1-3H3,(H,20,22). The molecule has 0 spiro atoms. The van der Waals surface area contributed by atoms with Crippen LogP contribution in [-0.4, -0.2) is 10.1 Å². The lowest BCUT2D eigenvalue weighted by atomic mass is 9.85. The van der Waals surface area contributed by atoms with Crippen molar-refractivity contribution in [2.75, 3.05) is 0 Å². The molecule has 0 unspecified atom stereocenters. The number of H-pyrrole nitrogens is 1. The van der Waals surface area contributed by atoms with Gasteiger partial charge in [-0.3, -0.25) is 4.79 Å². The first-order valence-electron chi connectivity index (χ1n) is 7.32. The quantitative estimate of drug-likeness (QED) is 0.706. The van der Waals surface area contributed by atoms with Gasteiger partial charge in [0, 0.05) is 17.1 Å². The van der Waals surface area contributed by atoms with Gasteiger partial charge in [0.1, 0.15) is 5.75 Å². The zero-order chi connectivity index (χ0) is 15.9. The second kappa shape index (κ2) is 5.02. The molecule has 2 aromatic carbocycles. The van der Waals surface area contributed by atoms with E-state index in [-0.39, 0.29) is 16.7 Å². The molecule has 0 aliphatic carbocycles. The van der Waals surface area contributed by atoms with Crippen molar-refractivity contribution in [2.24, 2.45) is 0 Å². The van der Waals surface area contributed by atoms with Crippen LogP contribution in [0.3, 0.4) is 0 Å². The van der Waals surface area contributed by atoms with Crippen molar-refractivity contribution in [1.29, 1.82) is 0 Å². The second-order valence-electron chi connectivity index (χ2n) is 6.56. The van der Waals surface area contributed by atoms with Gasteiger partial charge in [0.2, 0.25) is 0 Å². The summed E-state index contributed by atoms with van der Waals surface area (Å²) in [6.07, 6.45) is 1.67. The summed E-state index contributed by atoms with van der Waals surface area (Å²) in [6.45, 7) is 6.48. The van der Waals surface area contributed by atoms with Crippen molar-refractivity contribution < 1.29 is 5.11 Å². The lowest BCUT2D eigenvalue weighted by Crippen LogP contribution is -2.11. The number of aromatic hydroxyl groups is 1. The van der Waals surface area contributed by atoms with E-state index in [9.17, 15) is 9.90 Å². The maximum absolute atomic E-state index is 12.0. The van der Waals surface area contributed by atoms with Gasteiger partial charge in [0.05, 0.1) is 5.39 Å². The van der Waals surface area contributed by atoms with E-state index in [1.165, 1.54) is 5.56 Å². The van der Waals surface area contributed by atoms with Crippen LogP contribution >= 0.6 is 0 Å². The predicted octanol–water partition coefficient (Wildman–Crippen LogP) is 4.20. The zero-order valence-electron chi connectivity index (χ0n) is 13.0. The summed E-state index contributed by atoms with van der Waals surface area (Å²) in [6, 6.07) is 13.2. The number of hydrogen-bond donors (Lipinski definition) is 2. The summed E-state index contributed by atoms with van der Waals surface area (Å²) < 4.78 is 0. The van der Waals surface area contributed by atoms with Crippen LogP contribution in [0.1, 0.15) is 26.3 Å². The summed E-state index contributed by atoms with van der Waals surface area (Å²) in [5.74, 6) is 0.125. The molecule has 3 heteroatoms. The van der Waals surface area contributed by atoms with Crippen LogP contribution in [-0.2, 0) is 5.41 Å². The van der Waals surface area contributed by atoms with E-state index in [0.717, 1.165) is 11.1 Å². The molecule has 1 heterocycles. The van der Waals surface area contributed by atoms with Crippen LogP contribution in [0.15, 0.2) is 53.5 Å². The Hall–Kier alpha value is -2.55. The molecule has 112 valence electrons. The lowest BCUT2D eigenvalue weighted by molar-refractivity contribution is 0.481. The van der Waals surface area contributed by atoms with Gasteiger partial charge in [-0.15, -0.1) is 0 Å². The molecule has 0 radical (unpaired) electrons. The molecular formula is C19H19NO2. The van der Waals surface area contributed by atoms with Crippen LogP contribution < -0.4 is 5.56 Å². The highest BCUT2D eigenvalue weighted by atomic mass is 16.3. The highest BCUT2D eigenvalue weighted by Crippen LogP contribution is 2.34. The Morgan fingerprint density at radius 1 is 1.05 bits per heavy atom. The topological polar surface area (TPSA) is 53.1 Å². The van der Waals surface area contributed by atoms with E-state index in [4.69, 9.17) is 0 Å². The Morgan fingerprint density at radius 3 is 2.50 bits per heavy atom. The number of benzene rings is 2. The van der Waals surface area contributed by atoms with Gasteiger partial charge in [-0.25, -0.2) is 0 Å². The van der Waals surface area contributed by atoms with E-state index >= 15 is 0 Å². The second-order valence-corrected chi connectivity index (χ2v) is 6.56. The molecule has 0 saturated carbocycles. The average Bonchev–Trinajstić information content (AvgIpc) is 2.48. The molecule has 0 aliphatic heterocycles. The average molecular weight is 293 g/mol. The third-order valence-electron chi connectivity index (χ3n) is 3.94. The van der Waals surface area contributed by atoms with Gasteiger partial charge in [0.15, 0.2) is 0 Å². The van der Waals surface area contributed by atoms with Crippen molar-refractivity contribution in [1.82, 2.24) is 4.98 Å². The SMILES string of the molecule is CC(C)(C)c1cccc(-c2c[nH]c(=O)c3cccc(O)c23)c1. The number of rotatable bonds is 1. The zero-order valence-corrected chi connectivity index (χ0v) is 13.0. The number of pyridine rings is 1. The first kappa shape index (κ1) is 14.4. The molecule has 2 N–H and O–H groups in total. The number of aromatic amines is 1. The minimum atomic E-state index is -0.193. The van der Waals surface area contributed by atoms with Gasteiger partial charge >= 0.3 is 0 Å². The summed E-state index contributed by atoms with van der Waals surface area (Å²) in [7, 11) is 0. The fourth-order valence-corrected chi connectivity index (χ4v) is 2.68. The molecule has 3 aromatic rings. The Morgan fingerprint density at radius 2 is 1.77 bits per heavy atom. The maximum atomic E-state index is 12.0. The minimum absolute atomic E-state index is 0.0377. The van der Waals surface area contributed by atoms with Crippen molar-refractivity contribution >= 4 is 10.8 Å². The molecular weight excluding hydrogens is 274 g/mol. The van der Waals surface area contributed by atoms with E-state index < -0.39 is 0 Å². The predicted molar refractivity (Wildman–Crippen MR) is 90.4 cm³/mol. The first-order valence-corrected chi connectivity index (χ1v) is 7.32. The Kier molecular flexibility index (Phi) is 3.28. The Balaban J connectivity index is 2.32. The van der Waals surface area contributed by atoms with E-state index in [1.54, 1.807) is 24.4 Å². The van der Waals surface area contributed by atoms with Crippen LogP contribution in [0.5, 0.6) is 5.75 Å². The molecule has 0 bridgehead atoms. The van der Waals surface area contributed by atoms with Crippen LogP contribution in [0.2, 0.25) is 0 Å². The first-order chi connectivity index (χ1) is 10.4. The lowest BCUT2D eigenvalue weighted by Gasteiger charge is -2.20. The minimum Gasteiger partial charge on any atom is -0.507 e. The fraction of sp³-hybridized carbons (Fsp3) is 0.211. The molecule has 3 rings (SSSR count). The summed E-state index contributed by atoms with van der Waals surface area (Å²) in [5, 5.41) is 11.3. The number of fused-ring (bicyclic) bond motifs is 1. The van der Waals surface area contributed by atoms with E-state index in [2.05, 4.69) is 37.9 Å². The van der Waals surface area contributed by atoms with Gasteiger partial charge in [0.25, 0.3) is 5.56 Å². The normalized spacial score (nSPS) is 11.8. The van der Waals surface area contributed by atoms with Crippen molar-refractivity contribution in [3.8, 4) is 16.9 Å². The van der Waals surface area contributed by atoms with E-state index in [1.807, 2.05) is 12.1 Å². The van der Waals surface area contributed by atoms with Gasteiger partial charge < -0.3 is 10.1 Å². The molecule has 3 nitrogen and oxygen atoms in total. The number of nitrogens with one attached hydrogen (secondary N) is 1. The molecule has 0 fully saturated rings. The molecule has 0 amide bonds. The fourth-order valence-electron chi connectivity index (χ4n) is 2.68. The summed E-state index contributed by atoms with van der Waals surface area (Å²) in [5.41, 5.74) is 2.87. The van der Waals surface area contributed by atoms with Crippen molar-refractivity contribution in [2.45, 2.75) is 26.2 Å². The highest BCUT2D eigenvalue weighted by molar-refractivity contribution is 5.99. The third-order valence-corrected chi connectivity index (χ3v) is 3.94. The van der Waals surface area contributed by atoms with Crippen LogP contribution in [0, 0.1) is 0 Å². The van der Waals surface area contributed by atoms with Crippen LogP contribution in [0.4, 0.5) is 0 Å². The van der Waals surface area contributed by atoms with Gasteiger partial charge in [-0.2, -0.15) is 0 Å². The molecule has 0 atom stereocenters. The summed E-state index contributed by atoms with van der Waals surface area (Å²) >= 11 is 0. The maximum Gasteiger partial charge on any atom is 0.255 e. The van der Waals surface area contributed by atoms with Gasteiger partial charge in [-0.1, -0.05) is 51.1 Å². The Labute approximate surface area is 129 Å². The Bertz CT molecular complexity index is 901. The smallest absolute Gasteiger partial charge is 0.255 e. The molecule has 22 heavy (non-hydrogen) atoms. The number of phenolic OH excluding ortho intramolecular Hbond substituents is 1. The number of hydrogen-bond acceptors (Lipinski definition) is 2. The van der Waals surface area contributed by atoms with Crippen molar-refractivity contribution in [3.63, 3.8) is 0 Å². The monoisotopic (exact) mass is 293 g/mol. The number of aromatic nitrogens is 1. The third kappa shape index (κ3) is 2.39. The van der Waals surface area contributed by atoms with E-state index in [0.29, 0.717) is 10.8 Å². The summed E-state index contributed by atoms with van der Waals surface area (Å²) in [4.78, 5) is 14.7. The van der Waals surface area contributed by atoms with Crippen molar-refractivity contribution in [3.05, 3.63) is 64.6 Å². The molecule has 0 aliphatic rings. The largest absolute Gasteiger partial charge is 0.507 e. The number of phenols is 1. The molecule has 0 saturated heterocycles. The molecule has 1 aromatic heterocycles.